The number of ether oxygens (including phenoxy) is 2. The van der Waals surface area contributed by atoms with Gasteiger partial charge < -0.3 is 25.0 Å². The number of methoxy groups -OCH3 is 2. The van der Waals surface area contributed by atoms with Gasteiger partial charge in [-0.1, -0.05) is 11.2 Å². The number of benzene rings is 1. The van der Waals surface area contributed by atoms with Crippen molar-refractivity contribution >= 4 is 18.3 Å². The topological polar surface area (TPSA) is 113 Å². The predicted octanol–water partition coefficient (Wildman–Crippen LogP) is 0.674. The van der Waals surface area contributed by atoms with Crippen molar-refractivity contribution < 1.29 is 18.8 Å². The number of nitrogens with two attached hydrogens (primary N) is 1. The van der Waals surface area contributed by atoms with Crippen LogP contribution < -0.4 is 20.5 Å². The molecule has 9 heteroatoms. The van der Waals surface area contributed by atoms with Gasteiger partial charge in [0.2, 0.25) is 11.8 Å². The molecule has 0 aliphatic rings. The Morgan fingerprint density at radius 1 is 1.30 bits per heavy atom. The first-order valence-electron chi connectivity index (χ1n) is 6.65. The molecule has 2 aromatic rings. The van der Waals surface area contributed by atoms with Crippen LogP contribution in [0.25, 0.3) is 0 Å². The molecule has 0 bridgehead atoms. The van der Waals surface area contributed by atoms with Crippen molar-refractivity contribution in [3.05, 3.63) is 35.5 Å². The highest BCUT2D eigenvalue weighted by Crippen LogP contribution is 2.28. The van der Waals surface area contributed by atoms with Crippen LogP contribution in [0, 0.1) is 0 Å². The van der Waals surface area contributed by atoms with Gasteiger partial charge in [0.1, 0.15) is 0 Å². The number of amides is 1. The third-order valence-electron chi connectivity index (χ3n) is 2.94. The lowest BCUT2D eigenvalue weighted by Crippen LogP contribution is -2.29. The number of nitrogens with zero attached hydrogens (tertiary/aromatic N) is 2. The van der Waals surface area contributed by atoms with Gasteiger partial charge in [0.05, 0.1) is 27.3 Å². The Morgan fingerprint density at radius 3 is 2.70 bits per heavy atom. The molecule has 0 saturated heterocycles. The van der Waals surface area contributed by atoms with E-state index >= 15 is 0 Å². The van der Waals surface area contributed by atoms with Gasteiger partial charge in [-0.2, -0.15) is 4.98 Å². The Kier molecular flexibility index (Phi) is 7.30. The molecule has 0 unspecified atom stereocenters. The molecule has 0 aliphatic carbocycles. The van der Waals surface area contributed by atoms with Crippen molar-refractivity contribution in [1.29, 1.82) is 0 Å². The third kappa shape index (κ3) is 5.11. The number of rotatable bonds is 7. The zero-order valence-electron chi connectivity index (χ0n) is 12.9. The van der Waals surface area contributed by atoms with Crippen LogP contribution >= 0.6 is 12.4 Å². The average Bonchev–Trinajstić information content (AvgIpc) is 2.99. The van der Waals surface area contributed by atoms with E-state index < -0.39 is 0 Å². The Labute approximate surface area is 139 Å². The van der Waals surface area contributed by atoms with Crippen LogP contribution in [0.1, 0.15) is 17.3 Å². The predicted molar refractivity (Wildman–Crippen MR) is 84.8 cm³/mol. The van der Waals surface area contributed by atoms with E-state index in [0.29, 0.717) is 29.6 Å². The fourth-order valence-electron chi connectivity index (χ4n) is 1.85. The second kappa shape index (κ2) is 8.96. The van der Waals surface area contributed by atoms with Crippen LogP contribution in [0.15, 0.2) is 22.7 Å². The van der Waals surface area contributed by atoms with E-state index in [1.165, 1.54) is 0 Å². The quantitative estimate of drug-likeness (QED) is 0.760. The van der Waals surface area contributed by atoms with E-state index in [9.17, 15) is 4.79 Å². The zero-order chi connectivity index (χ0) is 15.9. The smallest absolute Gasteiger partial charge is 0.246 e. The van der Waals surface area contributed by atoms with E-state index in [1.807, 2.05) is 18.2 Å². The van der Waals surface area contributed by atoms with Crippen LogP contribution in [0.5, 0.6) is 11.5 Å². The number of nitrogens with one attached hydrogen (secondary N) is 1. The maximum absolute atomic E-state index is 11.1. The van der Waals surface area contributed by atoms with Gasteiger partial charge >= 0.3 is 0 Å². The summed E-state index contributed by atoms with van der Waals surface area (Å²) in [7, 11) is 3.16. The fraction of sp³-hybridized carbons (Fsp3) is 0.357. The molecule has 1 aromatic carbocycles. The summed E-state index contributed by atoms with van der Waals surface area (Å²) in [4.78, 5) is 15.3. The molecule has 0 atom stereocenters. The molecule has 3 N–H and O–H groups in total. The van der Waals surface area contributed by atoms with E-state index in [2.05, 4.69) is 15.5 Å². The minimum atomic E-state index is -0.278. The first-order valence-corrected chi connectivity index (χ1v) is 6.65. The Hall–Kier alpha value is -2.32. The summed E-state index contributed by atoms with van der Waals surface area (Å²) < 4.78 is 15.5. The number of halogens is 1. The van der Waals surface area contributed by atoms with Crippen LogP contribution in [-0.2, 0) is 17.8 Å². The minimum absolute atomic E-state index is 0. The molecule has 0 spiro atoms. The molecule has 1 aromatic heterocycles. The van der Waals surface area contributed by atoms with Gasteiger partial charge in [-0.25, -0.2) is 0 Å². The second-order valence-corrected chi connectivity index (χ2v) is 4.45. The number of carbonyl (C=O) groups is 1. The standard InChI is InChI=1S/C14H18N4O4.ClH/c1-20-10-4-3-9(5-11(10)21-2)6-12-17-14(22-18-12)8-16-13(19)7-15;/h3-5H,6-8,15H2,1-2H3,(H,16,19);1H. The van der Waals surface area contributed by atoms with Crippen LogP contribution in [-0.4, -0.2) is 36.8 Å². The van der Waals surface area contributed by atoms with Crippen LogP contribution in [0.2, 0.25) is 0 Å². The largest absolute Gasteiger partial charge is 0.493 e. The maximum atomic E-state index is 11.1. The number of aromatic nitrogens is 2. The number of hydrogen-bond acceptors (Lipinski definition) is 7. The van der Waals surface area contributed by atoms with Crippen molar-refractivity contribution in [2.24, 2.45) is 5.73 Å². The SMILES string of the molecule is COc1ccc(Cc2noc(CNC(=O)CN)n2)cc1OC.Cl. The molecular weight excluding hydrogens is 324 g/mol. The third-order valence-corrected chi connectivity index (χ3v) is 2.94. The molecule has 0 saturated carbocycles. The van der Waals surface area contributed by atoms with Gasteiger partial charge in [0.25, 0.3) is 0 Å². The average molecular weight is 343 g/mol. The van der Waals surface area contributed by atoms with Crippen LogP contribution in [0.4, 0.5) is 0 Å². The van der Waals surface area contributed by atoms with Crippen molar-refractivity contribution in [2.45, 2.75) is 13.0 Å². The highest BCUT2D eigenvalue weighted by atomic mass is 35.5. The lowest BCUT2D eigenvalue weighted by atomic mass is 10.1. The molecular formula is C14H19ClN4O4. The van der Waals surface area contributed by atoms with E-state index in [0.717, 1.165) is 5.56 Å². The first kappa shape index (κ1) is 18.7. The van der Waals surface area contributed by atoms with E-state index in [4.69, 9.17) is 19.7 Å². The molecule has 23 heavy (non-hydrogen) atoms. The summed E-state index contributed by atoms with van der Waals surface area (Å²) in [6.07, 6.45) is 0.481. The van der Waals surface area contributed by atoms with Gasteiger partial charge in [0, 0.05) is 6.42 Å². The Balaban J connectivity index is 0.00000264. The number of carbonyl (C=O) groups excluding carboxylic acids is 1. The fourth-order valence-corrected chi connectivity index (χ4v) is 1.85. The van der Waals surface area contributed by atoms with E-state index in [-0.39, 0.29) is 31.4 Å². The Bertz CT molecular complexity index is 647. The summed E-state index contributed by atoms with van der Waals surface area (Å²) in [5.74, 6) is 1.87. The molecule has 0 aliphatic heterocycles. The maximum Gasteiger partial charge on any atom is 0.246 e. The van der Waals surface area contributed by atoms with Crippen LogP contribution in [0.3, 0.4) is 0 Å². The first-order chi connectivity index (χ1) is 10.7. The lowest BCUT2D eigenvalue weighted by molar-refractivity contribution is -0.120. The summed E-state index contributed by atoms with van der Waals surface area (Å²) >= 11 is 0. The summed E-state index contributed by atoms with van der Waals surface area (Å²) in [5.41, 5.74) is 6.15. The summed E-state index contributed by atoms with van der Waals surface area (Å²) in [5, 5.41) is 6.44. The molecule has 0 radical (unpaired) electrons. The van der Waals surface area contributed by atoms with Crippen molar-refractivity contribution in [2.75, 3.05) is 20.8 Å². The van der Waals surface area contributed by atoms with Crippen molar-refractivity contribution in [1.82, 2.24) is 15.5 Å². The van der Waals surface area contributed by atoms with Crippen molar-refractivity contribution in [3.63, 3.8) is 0 Å². The molecule has 0 fully saturated rings. The minimum Gasteiger partial charge on any atom is -0.493 e. The molecule has 2 rings (SSSR count). The highest BCUT2D eigenvalue weighted by molar-refractivity contribution is 5.85. The van der Waals surface area contributed by atoms with E-state index in [1.54, 1.807) is 14.2 Å². The Morgan fingerprint density at radius 2 is 2.04 bits per heavy atom. The van der Waals surface area contributed by atoms with Gasteiger partial charge in [-0.3, -0.25) is 4.79 Å². The highest BCUT2D eigenvalue weighted by Gasteiger charge is 2.10. The normalized spacial score (nSPS) is 9.87. The molecule has 1 heterocycles. The molecule has 126 valence electrons. The summed E-state index contributed by atoms with van der Waals surface area (Å²) in [6, 6.07) is 5.56. The zero-order valence-corrected chi connectivity index (χ0v) is 13.7. The molecule has 8 nitrogen and oxygen atoms in total. The van der Waals surface area contributed by atoms with Gasteiger partial charge in [-0.15, -0.1) is 12.4 Å². The second-order valence-electron chi connectivity index (χ2n) is 4.45. The summed E-state index contributed by atoms with van der Waals surface area (Å²) in [6.45, 7) is 0.0849. The number of hydrogen-bond donors (Lipinski definition) is 2. The van der Waals surface area contributed by atoms with Crippen molar-refractivity contribution in [3.8, 4) is 11.5 Å². The molecule has 1 amide bonds. The lowest BCUT2D eigenvalue weighted by Gasteiger charge is -2.08. The monoisotopic (exact) mass is 342 g/mol. The van der Waals surface area contributed by atoms with Gasteiger partial charge in [0.15, 0.2) is 17.3 Å². The van der Waals surface area contributed by atoms with Gasteiger partial charge in [-0.05, 0) is 17.7 Å².